The van der Waals surface area contributed by atoms with Gasteiger partial charge in [-0.2, -0.15) is 0 Å². The zero-order valence-corrected chi connectivity index (χ0v) is 16.5. The Bertz CT molecular complexity index is 716. The number of allylic oxidation sites excluding steroid dienone is 1. The third-order valence-corrected chi connectivity index (χ3v) is 6.35. The van der Waals surface area contributed by atoms with Crippen LogP contribution in [0.15, 0.2) is 72.0 Å². The monoisotopic (exact) mass is 356 g/mol. The molecule has 140 valence electrons. The van der Waals surface area contributed by atoms with Crippen molar-refractivity contribution in [2.75, 3.05) is 0 Å². The summed E-state index contributed by atoms with van der Waals surface area (Å²) in [5, 5.41) is 0. The molecule has 0 bridgehead atoms. The lowest BCUT2D eigenvalue weighted by Gasteiger charge is -2.05. The molecule has 0 heterocycles. The quantitative estimate of drug-likeness (QED) is 0.481. The van der Waals surface area contributed by atoms with Gasteiger partial charge in [-0.3, -0.25) is 0 Å². The lowest BCUT2D eigenvalue weighted by Crippen LogP contribution is -1.89. The molecule has 0 saturated heterocycles. The SMILES string of the molecule is C(=C(c1ccccc1)c1ccccc1)=C1[C@@H]2CCCCCCCCCC[C@@H]12. The summed E-state index contributed by atoms with van der Waals surface area (Å²) in [4.78, 5) is 0. The molecule has 0 aliphatic heterocycles. The van der Waals surface area contributed by atoms with E-state index in [2.05, 4.69) is 66.4 Å². The highest BCUT2D eigenvalue weighted by Crippen LogP contribution is 2.52. The number of rotatable bonds is 2. The van der Waals surface area contributed by atoms with Crippen LogP contribution in [0.1, 0.15) is 75.3 Å². The summed E-state index contributed by atoms with van der Waals surface area (Å²) >= 11 is 0. The molecule has 2 aliphatic carbocycles. The third kappa shape index (κ3) is 4.82. The fourth-order valence-corrected chi connectivity index (χ4v) is 4.73. The zero-order chi connectivity index (χ0) is 18.3. The van der Waals surface area contributed by atoms with Crippen LogP contribution in [0.5, 0.6) is 0 Å². The van der Waals surface area contributed by atoms with Gasteiger partial charge < -0.3 is 0 Å². The molecule has 0 aromatic heterocycles. The van der Waals surface area contributed by atoms with Crippen molar-refractivity contribution in [2.45, 2.75) is 64.2 Å². The van der Waals surface area contributed by atoms with Crippen molar-refractivity contribution in [3.63, 3.8) is 0 Å². The first-order valence-electron chi connectivity index (χ1n) is 11.0. The van der Waals surface area contributed by atoms with Gasteiger partial charge in [0, 0.05) is 5.57 Å². The van der Waals surface area contributed by atoms with Gasteiger partial charge in [0.1, 0.15) is 0 Å². The standard InChI is InChI=1S/C27H32/c1-2-4-6-14-20-25-24(19-13-5-3-1)27(25)21-26(22-15-9-7-10-16-22)23-17-11-8-12-18-23/h7-12,15-18,24-25H,1-6,13-14,19-20H2/t24-,25-/m1/s1. The van der Waals surface area contributed by atoms with Gasteiger partial charge in [-0.1, -0.05) is 112 Å². The molecule has 27 heavy (non-hydrogen) atoms. The summed E-state index contributed by atoms with van der Waals surface area (Å²) < 4.78 is 0. The highest BCUT2D eigenvalue weighted by Gasteiger charge is 2.42. The molecule has 2 aliphatic rings. The van der Waals surface area contributed by atoms with Crippen LogP contribution in [-0.2, 0) is 0 Å². The normalized spacial score (nSPS) is 23.3. The predicted molar refractivity (Wildman–Crippen MR) is 116 cm³/mol. The summed E-state index contributed by atoms with van der Waals surface area (Å²) in [6.07, 6.45) is 14.2. The molecule has 0 heteroatoms. The first-order valence-corrected chi connectivity index (χ1v) is 11.0. The van der Waals surface area contributed by atoms with Gasteiger partial charge in [0.2, 0.25) is 0 Å². The van der Waals surface area contributed by atoms with Crippen molar-refractivity contribution in [3.05, 3.63) is 83.1 Å². The van der Waals surface area contributed by atoms with Gasteiger partial charge in [0.15, 0.2) is 0 Å². The van der Waals surface area contributed by atoms with Crippen molar-refractivity contribution < 1.29 is 0 Å². The Hall–Kier alpha value is -2.04. The number of benzene rings is 2. The molecule has 0 spiro atoms. The van der Waals surface area contributed by atoms with Gasteiger partial charge >= 0.3 is 0 Å². The molecule has 2 aromatic rings. The van der Waals surface area contributed by atoms with Crippen LogP contribution >= 0.6 is 0 Å². The number of fused-ring (bicyclic) bond motifs is 1. The summed E-state index contributed by atoms with van der Waals surface area (Å²) in [5.74, 6) is 1.60. The Morgan fingerprint density at radius 1 is 0.556 bits per heavy atom. The minimum Gasteiger partial charge on any atom is -0.112 e. The van der Waals surface area contributed by atoms with E-state index >= 15 is 0 Å². The minimum absolute atomic E-state index is 0.798. The molecular weight excluding hydrogens is 324 g/mol. The van der Waals surface area contributed by atoms with E-state index < -0.39 is 0 Å². The van der Waals surface area contributed by atoms with Crippen LogP contribution in [0.3, 0.4) is 0 Å². The van der Waals surface area contributed by atoms with Crippen molar-refractivity contribution in [1.29, 1.82) is 0 Å². The summed E-state index contributed by atoms with van der Waals surface area (Å²) in [7, 11) is 0. The maximum absolute atomic E-state index is 3.93. The van der Waals surface area contributed by atoms with Crippen LogP contribution in [0, 0.1) is 11.8 Å². The summed E-state index contributed by atoms with van der Waals surface area (Å²) in [6.45, 7) is 0. The molecule has 2 aromatic carbocycles. The lowest BCUT2D eigenvalue weighted by molar-refractivity contribution is 0.491. The largest absolute Gasteiger partial charge is 0.112 e. The molecule has 0 amide bonds. The van der Waals surface area contributed by atoms with Gasteiger partial charge in [0.05, 0.1) is 0 Å². The van der Waals surface area contributed by atoms with Gasteiger partial charge in [-0.25, -0.2) is 0 Å². The Morgan fingerprint density at radius 3 is 1.41 bits per heavy atom. The lowest BCUT2D eigenvalue weighted by atomic mass is 9.98. The van der Waals surface area contributed by atoms with E-state index in [9.17, 15) is 0 Å². The van der Waals surface area contributed by atoms with Crippen molar-refractivity contribution in [3.8, 4) is 0 Å². The Kier molecular flexibility index (Phi) is 6.28. The molecule has 4 rings (SSSR count). The van der Waals surface area contributed by atoms with Crippen LogP contribution in [-0.4, -0.2) is 0 Å². The molecule has 2 saturated carbocycles. The van der Waals surface area contributed by atoms with Crippen molar-refractivity contribution in [1.82, 2.24) is 0 Å². The summed E-state index contributed by atoms with van der Waals surface area (Å²) in [6, 6.07) is 21.7. The van der Waals surface area contributed by atoms with Gasteiger partial charge in [0.25, 0.3) is 0 Å². The van der Waals surface area contributed by atoms with E-state index in [1.165, 1.54) is 80.9 Å². The van der Waals surface area contributed by atoms with E-state index in [1.807, 2.05) is 0 Å². The maximum Gasteiger partial charge on any atom is 0.0309 e. The molecule has 0 N–H and O–H groups in total. The second-order valence-corrected chi connectivity index (χ2v) is 8.31. The first kappa shape index (κ1) is 18.3. The first-order chi connectivity index (χ1) is 13.4. The fraction of sp³-hybridized carbons (Fsp3) is 0.444. The topological polar surface area (TPSA) is 0 Å². The molecule has 2 atom stereocenters. The summed E-state index contributed by atoms with van der Waals surface area (Å²) in [5.41, 5.74) is 9.40. The van der Waals surface area contributed by atoms with Crippen LogP contribution < -0.4 is 0 Å². The molecule has 0 radical (unpaired) electrons. The van der Waals surface area contributed by atoms with Gasteiger partial charge in [-0.05, 0) is 41.4 Å². The Morgan fingerprint density at radius 2 is 0.963 bits per heavy atom. The van der Waals surface area contributed by atoms with E-state index in [1.54, 1.807) is 5.57 Å². The zero-order valence-electron chi connectivity index (χ0n) is 16.5. The highest BCUT2D eigenvalue weighted by atomic mass is 14.5. The molecule has 0 nitrogen and oxygen atoms in total. The molecule has 2 fully saturated rings. The van der Waals surface area contributed by atoms with E-state index in [0.717, 1.165) is 11.8 Å². The van der Waals surface area contributed by atoms with Gasteiger partial charge in [-0.15, -0.1) is 5.73 Å². The minimum atomic E-state index is 0.798. The van der Waals surface area contributed by atoms with Crippen LogP contribution in [0.4, 0.5) is 0 Å². The van der Waals surface area contributed by atoms with E-state index in [-0.39, 0.29) is 0 Å². The highest BCUT2D eigenvalue weighted by molar-refractivity contribution is 5.80. The average molecular weight is 357 g/mol. The smallest absolute Gasteiger partial charge is 0.0309 e. The second-order valence-electron chi connectivity index (χ2n) is 8.31. The van der Waals surface area contributed by atoms with E-state index in [0.29, 0.717) is 0 Å². The molecular formula is C27H32. The predicted octanol–water partition coefficient (Wildman–Crippen LogP) is 7.80. The van der Waals surface area contributed by atoms with Crippen LogP contribution in [0.2, 0.25) is 0 Å². The maximum atomic E-state index is 3.93. The third-order valence-electron chi connectivity index (χ3n) is 6.35. The number of hydrogen-bond donors (Lipinski definition) is 0. The Labute approximate surface area is 165 Å². The van der Waals surface area contributed by atoms with Crippen LogP contribution in [0.25, 0.3) is 5.57 Å². The average Bonchev–Trinajstić information content (AvgIpc) is 3.37. The van der Waals surface area contributed by atoms with E-state index in [4.69, 9.17) is 0 Å². The fourth-order valence-electron chi connectivity index (χ4n) is 4.73. The van der Waals surface area contributed by atoms with Crippen molar-refractivity contribution >= 4 is 5.57 Å². The Balaban J connectivity index is 1.66. The second kappa shape index (κ2) is 9.25. The molecule has 0 unspecified atom stereocenters. The number of hydrogen-bond acceptors (Lipinski definition) is 0. The van der Waals surface area contributed by atoms with Crippen molar-refractivity contribution in [2.24, 2.45) is 11.8 Å².